The number of carboxylic acid groups (broad SMARTS) is 1. The first-order chi connectivity index (χ1) is 15.7. The van der Waals surface area contributed by atoms with Crippen LogP contribution in [0.2, 0.25) is 0 Å². The number of rotatable bonds is 26. The molecule has 0 bridgehead atoms. The number of amides is 1. The van der Waals surface area contributed by atoms with Crippen LogP contribution in [0.4, 0.5) is 0 Å². The number of aliphatic carboxylic acids is 1. The summed E-state index contributed by atoms with van der Waals surface area (Å²) in [5, 5.41) is 11.6. The first kappa shape index (κ1) is 30.9. The molecule has 4 nitrogen and oxygen atoms in total. The van der Waals surface area contributed by atoms with E-state index in [-0.39, 0.29) is 12.3 Å². The number of hydrogen-bond donors (Lipinski definition) is 2. The molecule has 1 amide bonds. The highest BCUT2D eigenvalue weighted by Gasteiger charge is 2.01. The molecule has 0 aliphatic heterocycles. The molecule has 0 rings (SSSR count). The first-order valence-electron chi connectivity index (χ1n) is 14.1. The van der Waals surface area contributed by atoms with E-state index in [4.69, 9.17) is 5.11 Å². The van der Waals surface area contributed by atoms with Crippen LogP contribution in [-0.2, 0) is 9.59 Å². The van der Waals surface area contributed by atoms with Gasteiger partial charge in [-0.25, -0.2) is 0 Å². The van der Waals surface area contributed by atoms with E-state index >= 15 is 0 Å². The summed E-state index contributed by atoms with van der Waals surface area (Å²) in [6.07, 6.45) is 28.8. The third kappa shape index (κ3) is 27.0. The van der Waals surface area contributed by atoms with Crippen molar-refractivity contribution in [1.82, 2.24) is 5.32 Å². The molecule has 2 N–H and O–H groups in total. The Labute approximate surface area is 199 Å². The Kier molecular flexibility index (Phi) is 25.3. The van der Waals surface area contributed by atoms with E-state index in [0.717, 1.165) is 51.5 Å². The van der Waals surface area contributed by atoms with Crippen molar-refractivity contribution in [2.24, 2.45) is 0 Å². The molecule has 0 radical (unpaired) electrons. The zero-order valence-electron chi connectivity index (χ0n) is 21.4. The minimum Gasteiger partial charge on any atom is -0.481 e. The van der Waals surface area contributed by atoms with Crippen molar-refractivity contribution in [2.45, 2.75) is 161 Å². The van der Waals surface area contributed by atoms with E-state index in [1.54, 1.807) is 0 Å². The lowest BCUT2D eigenvalue weighted by Crippen LogP contribution is -2.23. The lowest BCUT2D eigenvalue weighted by molar-refractivity contribution is -0.137. The Morgan fingerprint density at radius 3 is 1.25 bits per heavy atom. The van der Waals surface area contributed by atoms with E-state index < -0.39 is 5.97 Å². The minimum atomic E-state index is -0.703. The quantitative estimate of drug-likeness (QED) is 0.129. The normalized spacial score (nSPS) is 11.0. The molecular formula is C28H55NO3. The number of nitrogens with one attached hydrogen (secondary N) is 1. The van der Waals surface area contributed by atoms with Crippen LogP contribution >= 0.6 is 0 Å². The van der Waals surface area contributed by atoms with E-state index in [2.05, 4.69) is 12.2 Å². The van der Waals surface area contributed by atoms with Crippen molar-refractivity contribution in [2.75, 3.05) is 6.54 Å². The zero-order valence-corrected chi connectivity index (χ0v) is 21.4. The Balaban J connectivity index is 3.14. The fourth-order valence-corrected chi connectivity index (χ4v) is 4.26. The summed E-state index contributed by atoms with van der Waals surface area (Å²) < 4.78 is 0. The molecular weight excluding hydrogens is 398 g/mol. The summed E-state index contributed by atoms with van der Waals surface area (Å²) >= 11 is 0. The van der Waals surface area contributed by atoms with Crippen molar-refractivity contribution in [3.63, 3.8) is 0 Å². The predicted molar refractivity (Wildman–Crippen MR) is 137 cm³/mol. The SMILES string of the molecule is CCCCCCCCCCCCCCCCCCNC(=O)CCCCCCCCC(=O)O. The van der Waals surface area contributed by atoms with Gasteiger partial charge in [-0.15, -0.1) is 0 Å². The van der Waals surface area contributed by atoms with Crippen molar-refractivity contribution < 1.29 is 14.7 Å². The third-order valence-corrected chi connectivity index (χ3v) is 6.40. The fourth-order valence-electron chi connectivity index (χ4n) is 4.26. The van der Waals surface area contributed by atoms with Gasteiger partial charge in [0.05, 0.1) is 0 Å². The highest BCUT2D eigenvalue weighted by Crippen LogP contribution is 2.13. The number of carboxylic acids is 1. The fraction of sp³-hybridized carbons (Fsp3) is 0.929. The van der Waals surface area contributed by atoms with Gasteiger partial charge >= 0.3 is 5.97 Å². The van der Waals surface area contributed by atoms with Crippen molar-refractivity contribution in [3.05, 3.63) is 0 Å². The molecule has 32 heavy (non-hydrogen) atoms. The van der Waals surface area contributed by atoms with Gasteiger partial charge in [-0.3, -0.25) is 9.59 Å². The van der Waals surface area contributed by atoms with Gasteiger partial charge in [0.1, 0.15) is 0 Å². The van der Waals surface area contributed by atoms with Crippen molar-refractivity contribution in [3.8, 4) is 0 Å². The Hall–Kier alpha value is -1.06. The number of carbonyl (C=O) groups excluding carboxylic acids is 1. The number of unbranched alkanes of at least 4 members (excludes halogenated alkanes) is 20. The summed E-state index contributed by atoms with van der Waals surface area (Å²) in [5.41, 5.74) is 0. The largest absolute Gasteiger partial charge is 0.481 e. The summed E-state index contributed by atoms with van der Waals surface area (Å²) in [4.78, 5) is 22.3. The molecule has 0 fully saturated rings. The first-order valence-corrected chi connectivity index (χ1v) is 14.1. The van der Waals surface area contributed by atoms with Gasteiger partial charge in [0, 0.05) is 19.4 Å². The van der Waals surface area contributed by atoms with Crippen LogP contribution in [0.1, 0.15) is 161 Å². The standard InChI is InChI=1S/C28H55NO3/c1-2-3-4-5-6-7-8-9-10-11-12-13-14-17-20-23-26-29-27(30)24-21-18-15-16-19-22-25-28(31)32/h2-26H2,1H3,(H,29,30)(H,31,32). The number of carbonyl (C=O) groups is 2. The smallest absolute Gasteiger partial charge is 0.303 e. The predicted octanol–water partition coefficient (Wildman–Crippen LogP) is 8.57. The Morgan fingerprint density at radius 1 is 0.500 bits per heavy atom. The van der Waals surface area contributed by atoms with Gasteiger partial charge in [-0.2, -0.15) is 0 Å². The maximum atomic E-state index is 11.8. The van der Waals surface area contributed by atoms with Gasteiger partial charge in [0.15, 0.2) is 0 Å². The Morgan fingerprint density at radius 2 is 0.844 bits per heavy atom. The lowest BCUT2D eigenvalue weighted by Gasteiger charge is -2.06. The van der Waals surface area contributed by atoms with Crippen LogP contribution in [0.5, 0.6) is 0 Å². The third-order valence-electron chi connectivity index (χ3n) is 6.40. The summed E-state index contributed by atoms with van der Waals surface area (Å²) in [6, 6.07) is 0. The molecule has 0 atom stereocenters. The molecule has 0 aromatic carbocycles. The van der Waals surface area contributed by atoms with Crippen molar-refractivity contribution >= 4 is 11.9 Å². The van der Waals surface area contributed by atoms with Gasteiger partial charge < -0.3 is 10.4 Å². The molecule has 0 saturated heterocycles. The van der Waals surface area contributed by atoms with Crippen LogP contribution in [-0.4, -0.2) is 23.5 Å². The van der Waals surface area contributed by atoms with Crippen LogP contribution in [0.15, 0.2) is 0 Å². The Bertz CT molecular complexity index is 411. The molecule has 0 spiro atoms. The van der Waals surface area contributed by atoms with Gasteiger partial charge in [-0.05, 0) is 19.3 Å². The topological polar surface area (TPSA) is 66.4 Å². The molecule has 0 heterocycles. The molecule has 0 saturated carbocycles. The molecule has 0 aromatic heterocycles. The van der Waals surface area contributed by atoms with Crippen LogP contribution in [0.3, 0.4) is 0 Å². The zero-order chi connectivity index (χ0) is 23.5. The van der Waals surface area contributed by atoms with E-state index in [0.29, 0.717) is 6.42 Å². The van der Waals surface area contributed by atoms with Gasteiger partial charge in [-0.1, -0.05) is 129 Å². The van der Waals surface area contributed by atoms with Gasteiger partial charge in [0.2, 0.25) is 5.91 Å². The molecule has 0 aliphatic carbocycles. The second kappa shape index (κ2) is 26.2. The lowest BCUT2D eigenvalue weighted by atomic mass is 10.0. The van der Waals surface area contributed by atoms with E-state index in [9.17, 15) is 9.59 Å². The highest BCUT2D eigenvalue weighted by molar-refractivity contribution is 5.75. The maximum absolute atomic E-state index is 11.8. The number of hydrogen-bond acceptors (Lipinski definition) is 2. The molecule has 0 aromatic rings. The van der Waals surface area contributed by atoms with Crippen molar-refractivity contribution in [1.29, 1.82) is 0 Å². The monoisotopic (exact) mass is 453 g/mol. The van der Waals surface area contributed by atoms with Crippen LogP contribution < -0.4 is 5.32 Å². The molecule has 0 unspecified atom stereocenters. The summed E-state index contributed by atoms with van der Waals surface area (Å²) in [6.45, 7) is 3.11. The molecule has 4 heteroatoms. The second-order valence-electron chi connectivity index (χ2n) is 9.67. The molecule has 0 aliphatic rings. The minimum absolute atomic E-state index is 0.192. The summed E-state index contributed by atoms with van der Waals surface area (Å²) in [7, 11) is 0. The van der Waals surface area contributed by atoms with Gasteiger partial charge in [0.25, 0.3) is 0 Å². The second-order valence-corrected chi connectivity index (χ2v) is 9.67. The molecule has 190 valence electrons. The van der Waals surface area contributed by atoms with E-state index in [1.807, 2.05) is 0 Å². The van der Waals surface area contributed by atoms with E-state index in [1.165, 1.54) is 96.3 Å². The average Bonchev–Trinajstić information content (AvgIpc) is 2.77. The van der Waals surface area contributed by atoms with Crippen LogP contribution in [0.25, 0.3) is 0 Å². The van der Waals surface area contributed by atoms with Crippen LogP contribution in [0, 0.1) is 0 Å². The maximum Gasteiger partial charge on any atom is 0.303 e. The average molecular weight is 454 g/mol. The highest BCUT2D eigenvalue weighted by atomic mass is 16.4. The summed E-state index contributed by atoms with van der Waals surface area (Å²) in [5.74, 6) is -0.511.